The first kappa shape index (κ1) is 8.88. The van der Waals surface area contributed by atoms with Gasteiger partial charge in [-0.15, -0.1) is 11.3 Å². The van der Waals surface area contributed by atoms with Gasteiger partial charge in [-0.1, -0.05) is 6.92 Å². The lowest BCUT2D eigenvalue weighted by Crippen LogP contribution is -2.01. The number of carbonyl (C=O) groups excluding carboxylic acids is 1. The van der Waals surface area contributed by atoms with E-state index in [1.165, 1.54) is 11.3 Å². The van der Waals surface area contributed by atoms with Crippen LogP contribution in [0.4, 0.5) is 0 Å². The summed E-state index contributed by atoms with van der Waals surface area (Å²) >= 11 is 1.53. The Morgan fingerprint density at radius 2 is 2.15 bits per heavy atom. The van der Waals surface area contributed by atoms with Gasteiger partial charge in [-0.2, -0.15) is 0 Å². The summed E-state index contributed by atoms with van der Waals surface area (Å²) in [5.41, 5.74) is 1.00. The number of thiazole rings is 1. The van der Waals surface area contributed by atoms with Gasteiger partial charge in [-0.3, -0.25) is 4.79 Å². The molecule has 2 rings (SSSR count). The van der Waals surface area contributed by atoms with E-state index in [4.69, 9.17) is 0 Å². The Hall–Kier alpha value is -0.700. The average Bonchev–Trinajstić information content (AvgIpc) is 2.70. The minimum absolute atomic E-state index is 0.258. The Balaban J connectivity index is 2.21. The van der Waals surface area contributed by atoms with Gasteiger partial charge in [-0.05, 0) is 26.2 Å². The monoisotopic (exact) mass is 195 g/mol. The normalized spacial score (nSPS) is 26.1. The van der Waals surface area contributed by atoms with E-state index in [0.29, 0.717) is 10.9 Å². The van der Waals surface area contributed by atoms with Crippen molar-refractivity contribution in [2.24, 2.45) is 11.8 Å². The molecule has 70 valence electrons. The SMILES string of the molecule is Cc1nc(C(=O)C2CC2C)sc1C. The molecule has 1 aromatic heterocycles. The maximum absolute atomic E-state index is 11.7. The highest BCUT2D eigenvalue weighted by Gasteiger charge is 2.40. The van der Waals surface area contributed by atoms with Crippen LogP contribution in [0.2, 0.25) is 0 Å². The zero-order chi connectivity index (χ0) is 9.59. The summed E-state index contributed by atoms with van der Waals surface area (Å²) in [6.45, 7) is 6.09. The van der Waals surface area contributed by atoms with Crippen molar-refractivity contribution in [2.45, 2.75) is 27.2 Å². The average molecular weight is 195 g/mol. The zero-order valence-electron chi connectivity index (χ0n) is 8.13. The fourth-order valence-corrected chi connectivity index (χ4v) is 2.34. The second-order valence-electron chi connectivity index (χ2n) is 3.84. The third kappa shape index (κ3) is 1.53. The van der Waals surface area contributed by atoms with Gasteiger partial charge in [0.25, 0.3) is 0 Å². The molecule has 2 atom stereocenters. The number of ketones is 1. The van der Waals surface area contributed by atoms with Gasteiger partial charge < -0.3 is 0 Å². The van der Waals surface area contributed by atoms with Crippen LogP contribution in [0.1, 0.15) is 33.7 Å². The van der Waals surface area contributed by atoms with Crippen LogP contribution in [0.15, 0.2) is 0 Å². The third-order valence-electron chi connectivity index (χ3n) is 2.69. The highest BCUT2D eigenvalue weighted by atomic mass is 32.1. The Kier molecular flexibility index (Phi) is 1.99. The first-order chi connectivity index (χ1) is 6.09. The lowest BCUT2D eigenvalue weighted by Gasteiger charge is -1.90. The Morgan fingerprint density at radius 3 is 2.54 bits per heavy atom. The molecule has 1 saturated carbocycles. The van der Waals surface area contributed by atoms with Crippen LogP contribution < -0.4 is 0 Å². The molecular formula is C10H13NOS. The highest BCUT2D eigenvalue weighted by molar-refractivity contribution is 7.13. The van der Waals surface area contributed by atoms with E-state index < -0.39 is 0 Å². The molecule has 1 heterocycles. The summed E-state index contributed by atoms with van der Waals surface area (Å²) in [4.78, 5) is 17.2. The summed E-state index contributed by atoms with van der Waals surface area (Å²) in [6, 6.07) is 0. The Morgan fingerprint density at radius 1 is 1.54 bits per heavy atom. The van der Waals surface area contributed by atoms with Gasteiger partial charge in [0.1, 0.15) is 0 Å². The Bertz CT molecular complexity index is 336. The molecule has 0 amide bonds. The minimum Gasteiger partial charge on any atom is -0.291 e. The quantitative estimate of drug-likeness (QED) is 0.679. The molecular weight excluding hydrogens is 182 g/mol. The molecule has 1 aromatic rings. The van der Waals surface area contributed by atoms with Crippen LogP contribution in [0.3, 0.4) is 0 Å². The van der Waals surface area contributed by atoms with E-state index in [9.17, 15) is 4.79 Å². The Labute approximate surface area is 82.0 Å². The number of Topliss-reactive ketones (excluding diaryl/α,β-unsaturated/α-hetero) is 1. The lowest BCUT2D eigenvalue weighted by molar-refractivity contribution is 0.0962. The summed E-state index contributed by atoms with van der Waals surface area (Å²) in [7, 11) is 0. The van der Waals surface area contributed by atoms with Crippen molar-refractivity contribution in [1.29, 1.82) is 0 Å². The molecule has 1 fully saturated rings. The second kappa shape index (κ2) is 2.91. The summed E-state index contributed by atoms with van der Waals surface area (Å²) in [6.07, 6.45) is 1.05. The van der Waals surface area contributed by atoms with Crippen LogP contribution in [-0.4, -0.2) is 10.8 Å². The van der Waals surface area contributed by atoms with E-state index in [-0.39, 0.29) is 11.7 Å². The number of hydrogen-bond donors (Lipinski definition) is 0. The van der Waals surface area contributed by atoms with Gasteiger partial charge in [0.2, 0.25) is 0 Å². The summed E-state index contributed by atoms with van der Waals surface area (Å²) in [5.74, 6) is 1.11. The topological polar surface area (TPSA) is 30.0 Å². The van der Waals surface area contributed by atoms with Crippen LogP contribution in [0, 0.1) is 25.7 Å². The number of rotatable bonds is 2. The van der Waals surface area contributed by atoms with Crippen molar-refractivity contribution in [1.82, 2.24) is 4.98 Å². The number of aryl methyl sites for hydroxylation is 2. The maximum atomic E-state index is 11.7. The predicted octanol–water partition coefficient (Wildman–Crippen LogP) is 2.60. The minimum atomic E-state index is 0.258. The fraction of sp³-hybridized carbons (Fsp3) is 0.600. The lowest BCUT2D eigenvalue weighted by atomic mass is 10.2. The molecule has 13 heavy (non-hydrogen) atoms. The molecule has 0 bridgehead atoms. The van der Waals surface area contributed by atoms with Gasteiger partial charge in [0.15, 0.2) is 10.8 Å². The van der Waals surface area contributed by atoms with Crippen LogP contribution in [0.5, 0.6) is 0 Å². The molecule has 0 radical (unpaired) electrons. The first-order valence-electron chi connectivity index (χ1n) is 4.58. The van der Waals surface area contributed by atoms with Gasteiger partial charge in [0.05, 0.1) is 5.69 Å². The van der Waals surface area contributed by atoms with Crippen LogP contribution >= 0.6 is 11.3 Å². The van der Waals surface area contributed by atoms with Crippen molar-refractivity contribution in [3.8, 4) is 0 Å². The molecule has 0 aromatic carbocycles. The molecule has 2 unspecified atom stereocenters. The predicted molar refractivity (Wildman–Crippen MR) is 53.2 cm³/mol. The van der Waals surface area contributed by atoms with Crippen LogP contribution in [0.25, 0.3) is 0 Å². The van der Waals surface area contributed by atoms with Crippen molar-refractivity contribution in [3.05, 3.63) is 15.6 Å². The third-order valence-corrected chi connectivity index (χ3v) is 3.77. The zero-order valence-corrected chi connectivity index (χ0v) is 8.94. The van der Waals surface area contributed by atoms with Crippen LogP contribution in [-0.2, 0) is 0 Å². The molecule has 0 spiro atoms. The molecule has 0 N–H and O–H groups in total. The van der Waals surface area contributed by atoms with E-state index in [1.54, 1.807) is 0 Å². The van der Waals surface area contributed by atoms with Gasteiger partial charge in [-0.25, -0.2) is 4.98 Å². The number of carbonyl (C=O) groups is 1. The van der Waals surface area contributed by atoms with Crippen molar-refractivity contribution in [3.63, 3.8) is 0 Å². The standard InChI is InChI=1S/C10H13NOS/c1-5-4-8(5)9(12)10-11-6(2)7(3)13-10/h5,8H,4H2,1-3H3. The molecule has 0 aliphatic heterocycles. The molecule has 0 saturated heterocycles. The summed E-state index contributed by atoms with van der Waals surface area (Å²) in [5, 5.41) is 0.712. The van der Waals surface area contributed by atoms with Gasteiger partial charge in [0, 0.05) is 10.8 Å². The van der Waals surface area contributed by atoms with Crippen molar-refractivity contribution < 1.29 is 4.79 Å². The molecule has 1 aliphatic rings. The van der Waals surface area contributed by atoms with E-state index >= 15 is 0 Å². The summed E-state index contributed by atoms with van der Waals surface area (Å²) < 4.78 is 0. The number of aromatic nitrogens is 1. The van der Waals surface area contributed by atoms with E-state index in [1.807, 2.05) is 13.8 Å². The maximum Gasteiger partial charge on any atom is 0.194 e. The van der Waals surface area contributed by atoms with Crippen molar-refractivity contribution >= 4 is 17.1 Å². The van der Waals surface area contributed by atoms with E-state index in [2.05, 4.69) is 11.9 Å². The van der Waals surface area contributed by atoms with Gasteiger partial charge >= 0.3 is 0 Å². The molecule has 1 aliphatic carbocycles. The number of nitrogens with zero attached hydrogens (tertiary/aromatic N) is 1. The van der Waals surface area contributed by atoms with E-state index in [0.717, 1.165) is 17.0 Å². The highest BCUT2D eigenvalue weighted by Crippen LogP contribution is 2.40. The number of hydrogen-bond acceptors (Lipinski definition) is 3. The smallest absolute Gasteiger partial charge is 0.194 e. The van der Waals surface area contributed by atoms with Crippen molar-refractivity contribution in [2.75, 3.05) is 0 Å². The molecule has 2 nitrogen and oxygen atoms in total. The second-order valence-corrected chi connectivity index (χ2v) is 5.05. The largest absolute Gasteiger partial charge is 0.291 e. The molecule has 3 heteroatoms. The fourth-order valence-electron chi connectivity index (χ4n) is 1.42. The first-order valence-corrected chi connectivity index (χ1v) is 5.39.